The summed E-state index contributed by atoms with van der Waals surface area (Å²) >= 11 is 0. The Morgan fingerprint density at radius 1 is 1.21 bits per heavy atom. The molecule has 1 heterocycles. The molecule has 0 aromatic heterocycles. The summed E-state index contributed by atoms with van der Waals surface area (Å²) in [5.41, 5.74) is 1.89. The molecule has 2 heteroatoms. The molecule has 1 aromatic carbocycles. The van der Waals surface area contributed by atoms with Gasteiger partial charge in [0.25, 0.3) is 0 Å². The van der Waals surface area contributed by atoms with Gasteiger partial charge in [0.1, 0.15) is 5.60 Å². The van der Waals surface area contributed by atoms with E-state index in [0.717, 1.165) is 26.1 Å². The van der Waals surface area contributed by atoms with E-state index in [2.05, 4.69) is 52.8 Å². The normalized spacial score (nSPS) is 14.7. The maximum atomic E-state index is 9.42. The van der Waals surface area contributed by atoms with Crippen LogP contribution < -0.4 is 0 Å². The highest BCUT2D eigenvalue weighted by Gasteiger charge is 2.13. The number of nitrogens with zero attached hydrogens (tertiary/aromatic N) is 1. The van der Waals surface area contributed by atoms with E-state index in [0.29, 0.717) is 0 Å². The monoisotopic (exact) mass is 253 g/mol. The summed E-state index contributed by atoms with van der Waals surface area (Å²) in [5, 5.41) is 9.42. The summed E-state index contributed by atoms with van der Waals surface area (Å²) in [5.74, 6) is 11.2. The summed E-state index contributed by atoms with van der Waals surface area (Å²) in [6.45, 7) is 6.05. The van der Waals surface area contributed by atoms with Gasteiger partial charge < -0.3 is 5.11 Å². The minimum Gasteiger partial charge on any atom is -0.378 e. The molecule has 0 fully saturated rings. The summed E-state index contributed by atoms with van der Waals surface area (Å²) in [6, 6.07) is 8.57. The first kappa shape index (κ1) is 13.7. The molecule has 0 amide bonds. The Morgan fingerprint density at radius 2 is 1.95 bits per heavy atom. The zero-order valence-corrected chi connectivity index (χ0v) is 11.5. The number of aliphatic hydroxyl groups is 1. The van der Waals surface area contributed by atoms with Crippen molar-refractivity contribution in [1.29, 1.82) is 0 Å². The second kappa shape index (κ2) is 5.93. The van der Waals surface area contributed by atoms with Crippen LogP contribution in [0.2, 0.25) is 0 Å². The number of benzene rings is 1. The van der Waals surface area contributed by atoms with Gasteiger partial charge in [-0.1, -0.05) is 36.1 Å². The fourth-order valence-corrected chi connectivity index (χ4v) is 2.07. The number of hydrogen-bond donors (Lipinski definition) is 1. The molecule has 0 saturated heterocycles. The van der Waals surface area contributed by atoms with Gasteiger partial charge in [0.15, 0.2) is 0 Å². The van der Waals surface area contributed by atoms with Crippen LogP contribution in [0, 0.1) is 23.7 Å². The molecule has 2 nitrogen and oxygen atoms in total. The van der Waals surface area contributed by atoms with Crippen molar-refractivity contribution in [3.8, 4) is 23.7 Å². The van der Waals surface area contributed by atoms with Crippen molar-refractivity contribution in [3.05, 3.63) is 35.4 Å². The van der Waals surface area contributed by atoms with Gasteiger partial charge in [-0.15, -0.1) is 0 Å². The molecule has 0 bridgehead atoms. The van der Waals surface area contributed by atoms with Gasteiger partial charge in [-0.2, -0.15) is 0 Å². The average molecular weight is 253 g/mol. The standard InChI is InChI=1S/C17H19NO/c1-17(2,19)11-6-3-7-12-18-13-10-15-8-4-5-9-16(15)14-18/h4-5,8-9,19H,10,12-14H2,1-2H3. The van der Waals surface area contributed by atoms with E-state index in [1.165, 1.54) is 11.1 Å². The zero-order valence-electron chi connectivity index (χ0n) is 11.5. The van der Waals surface area contributed by atoms with Gasteiger partial charge in [0, 0.05) is 13.1 Å². The van der Waals surface area contributed by atoms with Crippen LogP contribution in [0.15, 0.2) is 24.3 Å². The van der Waals surface area contributed by atoms with E-state index in [9.17, 15) is 5.11 Å². The molecule has 0 radical (unpaired) electrons. The minimum atomic E-state index is -0.960. The predicted octanol–water partition coefficient (Wildman–Crippen LogP) is 1.82. The van der Waals surface area contributed by atoms with Crippen LogP contribution in [0.25, 0.3) is 0 Å². The van der Waals surface area contributed by atoms with Crippen LogP contribution in [0.3, 0.4) is 0 Å². The van der Waals surface area contributed by atoms with E-state index < -0.39 is 5.60 Å². The molecule has 0 spiro atoms. The van der Waals surface area contributed by atoms with Crippen LogP contribution in [0.1, 0.15) is 25.0 Å². The van der Waals surface area contributed by atoms with Gasteiger partial charge in [0.2, 0.25) is 0 Å². The first-order valence-corrected chi connectivity index (χ1v) is 6.56. The molecule has 1 aromatic rings. The molecule has 1 aliphatic rings. The van der Waals surface area contributed by atoms with E-state index in [1.54, 1.807) is 13.8 Å². The first-order valence-electron chi connectivity index (χ1n) is 6.56. The molecule has 0 aliphatic carbocycles. The molecule has 98 valence electrons. The largest absolute Gasteiger partial charge is 0.378 e. The number of fused-ring (bicyclic) bond motifs is 1. The van der Waals surface area contributed by atoms with Crippen LogP contribution >= 0.6 is 0 Å². The highest BCUT2D eigenvalue weighted by Crippen LogP contribution is 2.17. The van der Waals surface area contributed by atoms with Crippen LogP contribution in [-0.4, -0.2) is 28.7 Å². The minimum absolute atomic E-state index is 0.731. The third-order valence-corrected chi connectivity index (χ3v) is 3.03. The second-order valence-electron chi connectivity index (χ2n) is 5.34. The maximum Gasteiger partial charge on any atom is 0.120 e. The number of hydrogen-bond acceptors (Lipinski definition) is 2. The molecular formula is C17H19NO. The Hall–Kier alpha value is -1.74. The van der Waals surface area contributed by atoms with Gasteiger partial charge in [-0.05, 0) is 43.2 Å². The van der Waals surface area contributed by atoms with Crippen molar-refractivity contribution in [2.75, 3.05) is 13.1 Å². The predicted molar refractivity (Wildman–Crippen MR) is 77.3 cm³/mol. The highest BCUT2D eigenvalue weighted by molar-refractivity contribution is 5.31. The highest BCUT2D eigenvalue weighted by atomic mass is 16.3. The summed E-state index contributed by atoms with van der Waals surface area (Å²) in [7, 11) is 0. The third-order valence-electron chi connectivity index (χ3n) is 3.03. The summed E-state index contributed by atoms with van der Waals surface area (Å²) in [6.07, 6.45) is 1.09. The Kier molecular flexibility index (Phi) is 4.27. The lowest BCUT2D eigenvalue weighted by Gasteiger charge is -2.26. The smallest absolute Gasteiger partial charge is 0.120 e. The number of rotatable bonds is 1. The fraction of sp³-hybridized carbons (Fsp3) is 0.412. The molecule has 0 unspecified atom stereocenters. The molecule has 1 N–H and O–H groups in total. The van der Waals surface area contributed by atoms with Crippen molar-refractivity contribution in [3.63, 3.8) is 0 Å². The fourth-order valence-electron chi connectivity index (χ4n) is 2.07. The SMILES string of the molecule is CC(C)(O)C#CC#CCN1CCc2ccccc2C1. The van der Waals surface area contributed by atoms with Crippen LogP contribution in [0.5, 0.6) is 0 Å². The lowest BCUT2D eigenvalue weighted by Crippen LogP contribution is -2.30. The van der Waals surface area contributed by atoms with Crippen molar-refractivity contribution in [1.82, 2.24) is 4.90 Å². The molecule has 0 saturated carbocycles. The lowest BCUT2D eigenvalue weighted by atomic mass is 10.0. The topological polar surface area (TPSA) is 23.5 Å². The Balaban J connectivity index is 1.89. The van der Waals surface area contributed by atoms with Gasteiger partial charge >= 0.3 is 0 Å². The van der Waals surface area contributed by atoms with Crippen molar-refractivity contribution in [2.45, 2.75) is 32.4 Å². The quantitative estimate of drug-likeness (QED) is 0.772. The van der Waals surface area contributed by atoms with E-state index in [4.69, 9.17) is 0 Å². The Bertz CT molecular complexity index is 561. The third kappa shape index (κ3) is 4.45. The van der Waals surface area contributed by atoms with E-state index in [1.807, 2.05) is 0 Å². The lowest BCUT2D eigenvalue weighted by molar-refractivity contribution is 0.143. The molecule has 2 rings (SSSR count). The average Bonchev–Trinajstić information content (AvgIpc) is 2.37. The van der Waals surface area contributed by atoms with Crippen molar-refractivity contribution in [2.24, 2.45) is 0 Å². The molecule has 0 atom stereocenters. The first-order chi connectivity index (χ1) is 9.04. The van der Waals surface area contributed by atoms with E-state index in [-0.39, 0.29) is 0 Å². The van der Waals surface area contributed by atoms with E-state index >= 15 is 0 Å². The van der Waals surface area contributed by atoms with Gasteiger partial charge in [0.05, 0.1) is 6.54 Å². The van der Waals surface area contributed by atoms with Crippen LogP contribution in [-0.2, 0) is 13.0 Å². The summed E-state index contributed by atoms with van der Waals surface area (Å²) in [4.78, 5) is 2.32. The van der Waals surface area contributed by atoms with Gasteiger partial charge in [-0.25, -0.2) is 0 Å². The Morgan fingerprint density at radius 3 is 2.68 bits per heavy atom. The summed E-state index contributed by atoms with van der Waals surface area (Å²) < 4.78 is 0. The molecule has 1 aliphatic heterocycles. The zero-order chi connectivity index (χ0) is 13.7. The van der Waals surface area contributed by atoms with Gasteiger partial charge in [-0.3, -0.25) is 4.90 Å². The van der Waals surface area contributed by atoms with Crippen molar-refractivity contribution >= 4 is 0 Å². The maximum absolute atomic E-state index is 9.42. The Labute approximate surface area is 115 Å². The molecular weight excluding hydrogens is 234 g/mol. The second-order valence-corrected chi connectivity index (χ2v) is 5.34. The van der Waals surface area contributed by atoms with Crippen LogP contribution in [0.4, 0.5) is 0 Å². The molecule has 19 heavy (non-hydrogen) atoms. The van der Waals surface area contributed by atoms with Crippen molar-refractivity contribution < 1.29 is 5.11 Å².